The number of aromatic nitrogens is 2. The van der Waals surface area contributed by atoms with E-state index >= 15 is 0 Å². The van der Waals surface area contributed by atoms with Gasteiger partial charge in [0.2, 0.25) is 0 Å². The molecular formula is C19H19N5O. The lowest BCUT2D eigenvalue weighted by Crippen LogP contribution is -2.17. The predicted molar refractivity (Wildman–Crippen MR) is 99.0 cm³/mol. The Hall–Kier alpha value is -3.41. The molecule has 6 nitrogen and oxygen atoms in total. The first kappa shape index (κ1) is 16.4. The first-order valence-corrected chi connectivity index (χ1v) is 7.87. The summed E-state index contributed by atoms with van der Waals surface area (Å²) in [7, 11) is 0. The second-order valence-electron chi connectivity index (χ2n) is 5.65. The van der Waals surface area contributed by atoms with E-state index in [2.05, 4.69) is 15.6 Å². The van der Waals surface area contributed by atoms with Gasteiger partial charge in [-0.3, -0.25) is 4.79 Å². The number of benzene rings is 2. The Labute approximate surface area is 146 Å². The minimum absolute atomic E-state index is 0.290. The van der Waals surface area contributed by atoms with Gasteiger partial charge in [-0.2, -0.15) is 10.2 Å². The number of nitrogen functional groups attached to an aromatic ring is 1. The first-order valence-electron chi connectivity index (χ1n) is 7.87. The number of anilines is 1. The highest BCUT2D eigenvalue weighted by Gasteiger charge is 2.11. The van der Waals surface area contributed by atoms with Gasteiger partial charge in [0.05, 0.1) is 23.3 Å². The van der Waals surface area contributed by atoms with Crippen molar-refractivity contribution in [3.63, 3.8) is 0 Å². The fourth-order valence-corrected chi connectivity index (χ4v) is 2.52. The normalized spacial score (nSPS) is 11.0. The molecule has 0 unspecified atom stereocenters. The summed E-state index contributed by atoms with van der Waals surface area (Å²) in [6.07, 6.45) is 1.62. The molecule has 126 valence electrons. The molecule has 1 aromatic heterocycles. The second-order valence-corrected chi connectivity index (χ2v) is 5.65. The molecule has 3 N–H and O–H groups in total. The van der Waals surface area contributed by atoms with Crippen LogP contribution in [0.1, 0.15) is 27.3 Å². The van der Waals surface area contributed by atoms with Crippen molar-refractivity contribution in [2.45, 2.75) is 13.8 Å². The van der Waals surface area contributed by atoms with Crippen LogP contribution in [-0.4, -0.2) is 21.9 Å². The maximum Gasteiger partial charge on any atom is 0.271 e. The highest BCUT2D eigenvalue weighted by atomic mass is 16.2. The Bertz CT molecular complexity index is 911. The van der Waals surface area contributed by atoms with Crippen molar-refractivity contribution in [1.82, 2.24) is 15.2 Å². The van der Waals surface area contributed by atoms with Gasteiger partial charge in [-0.25, -0.2) is 10.1 Å². The van der Waals surface area contributed by atoms with Crippen LogP contribution in [0.5, 0.6) is 0 Å². The molecule has 0 radical (unpaired) electrons. The van der Waals surface area contributed by atoms with Crippen LogP contribution in [0.25, 0.3) is 5.69 Å². The molecule has 2 aromatic carbocycles. The van der Waals surface area contributed by atoms with Gasteiger partial charge in [-0.15, -0.1) is 0 Å². The Morgan fingerprint density at radius 2 is 1.80 bits per heavy atom. The largest absolute Gasteiger partial charge is 0.399 e. The molecule has 0 fully saturated rings. The zero-order valence-corrected chi connectivity index (χ0v) is 14.1. The molecule has 1 amide bonds. The van der Waals surface area contributed by atoms with Crippen molar-refractivity contribution in [3.8, 4) is 5.69 Å². The van der Waals surface area contributed by atoms with Gasteiger partial charge in [0.1, 0.15) is 0 Å². The van der Waals surface area contributed by atoms with E-state index in [1.807, 2.05) is 48.9 Å². The molecule has 25 heavy (non-hydrogen) atoms. The average Bonchev–Trinajstić information content (AvgIpc) is 2.91. The SMILES string of the molecule is Cc1nn(-c2ccccc2)c(C)c1/C=N/NC(=O)c1ccc(N)cc1. The summed E-state index contributed by atoms with van der Waals surface area (Å²) >= 11 is 0. The molecule has 0 atom stereocenters. The van der Waals surface area contributed by atoms with E-state index in [-0.39, 0.29) is 5.91 Å². The number of hydrogen-bond acceptors (Lipinski definition) is 4. The van der Waals surface area contributed by atoms with Gasteiger partial charge in [0, 0.05) is 16.8 Å². The van der Waals surface area contributed by atoms with E-state index in [1.54, 1.807) is 30.5 Å². The molecular weight excluding hydrogens is 314 g/mol. The summed E-state index contributed by atoms with van der Waals surface area (Å²) in [6.45, 7) is 3.88. The van der Waals surface area contributed by atoms with Gasteiger partial charge in [0.25, 0.3) is 5.91 Å². The van der Waals surface area contributed by atoms with Crippen molar-refractivity contribution >= 4 is 17.8 Å². The van der Waals surface area contributed by atoms with Crippen LogP contribution < -0.4 is 11.2 Å². The molecule has 0 saturated heterocycles. The number of aryl methyl sites for hydroxylation is 1. The average molecular weight is 333 g/mol. The van der Waals surface area contributed by atoms with Crippen LogP contribution in [0, 0.1) is 13.8 Å². The summed E-state index contributed by atoms with van der Waals surface area (Å²) in [5.41, 5.74) is 12.9. The molecule has 3 aromatic rings. The fourth-order valence-electron chi connectivity index (χ4n) is 2.52. The molecule has 0 aliphatic rings. The zero-order valence-electron chi connectivity index (χ0n) is 14.1. The third-order valence-electron chi connectivity index (χ3n) is 3.88. The Balaban J connectivity index is 1.77. The number of hydrazone groups is 1. The van der Waals surface area contributed by atoms with E-state index in [0.717, 1.165) is 22.6 Å². The van der Waals surface area contributed by atoms with Crippen molar-refractivity contribution in [1.29, 1.82) is 0 Å². The number of para-hydroxylation sites is 1. The molecule has 3 rings (SSSR count). The number of nitrogens with two attached hydrogens (primary N) is 1. The maximum absolute atomic E-state index is 12.1. The minimum Gasteiger partial charge on any atom is -0.399 e. The van der Waals surface area contributed by atoms with Crippen molar-refractivity contribution in [2.24, 2.45) is 5.10 Å². The van der Waals surface area contributed by atoms with E-state index in [9.17, 15) is 4.79 Å². The third kappa shape index (κ3) is 3.58. The van der Waals surface area contributed by atoms with Crippen molar-refractivity contribution in [2.75, 3.05) is 5.73 Å². The predicted octanol–water partition coefficient (Wildman–Crippen LogP) is 2.84. The minimum atomic E-state index is -0.290. The third-order valence-corrected chi connectivity index (χ3v) is 3.88. The number of carbonyl (C=O) groups excluding carboxylic acids is 1. The van der Waals surface area contributed by atoms with Crippen molar-refractivity contribution < 1.29 is 4.79 Å². The Morgan fingerprint density at radius 3 is 2.48 bits per heavy atom. The van der Waals surface area contributed by atoms with E-state index < -0.39 is 0 Å². The molecule has 0 saturated carbocycles. The number of rotatable bonds is 4. The van der Waals surface area contributed by atoms with Crippen LogP contribution >= 0.6 is 0 Å². The number of carbonyl (C=O) groups is 1. The van der Waals surface area contributed by atoms with Crippen LogP contribution in [0.15, 0.2) is 59.7 Å². The first-order chi connectivity index (χ1) is 12.1. The van der Waals surface area contributed by atoms with Crippen LogP contribution in [0.4, 0.5) is 5.69 Å². The van der Waals surface area contributed by atoms with Gasteiger partial charge in [-0.1, -0.05) is 18.2 Å². The molecule has 1 heterocycles. The number of nitrogens with zero attached hydrogens (tertiary/aromatic N) is 3. The zero-order chi connectivity index (χ0) is 17.8. The molecule has 6 heteroatoms. The van der Waals surface area contributed by atoms with Crippen LogP contribution in [-0.2, 0) is 0 Å². The summed E-state index contributed by atoms with van der Waals surface area (Å²) in [4.78, 5) is 12.1. The molecule has 0 bridgehead atoms. The highest BCUT2D eigenvalue weighted by Crippen LogP contribution is 2.16. The smallest absolute Gasteiger partial charge is 0.271 e. The van der Waals surface area contributed by atoms with E-state index in [4.69, 9.17) is 5.73 Å². The molecule has 0 aliphatic carbocycles. The van der Waals surface area contributed by atoms with Crippen LogP contribution in [0.2, 0.25) is 0 Å². The van der Waals surface area contributed by atoms with E-state index in [1.165, 1.54) is 0 Å². The van der Waals surface area contributed by atoms with Gasteiger partial charge < -0.3 is 5.73 Å². The maximum atomic E-state index is 12.1. The Kier molecular flexibility index (Phi) is 4.61. The standard InChI is InChI=1S/C19H19N5O/c1-13-18(14(2)24(23-13)17-6-4-3-5-7-17)12-21-22-19(25)15-8-10-16(20)11-9-15/h3-12H,20H2,1-2H3,(H,22,25)/b21-12+. The van der Waals surface area contributed by atoms with E-state index in [0.29, 0.717) is 11.3 Å². The number of amides is 1. The topological polar surface area (TPSA) is 85.3 Å². The quantitative estimate of drug-likeness (QED) is 0.437. The lowest BCUT2D eigenvalue weighted by atomic mass is 10.2. The van der Waals surface area contributed by atoms with Crippen LogP contribution in [0.3, 0.4) is 0 Å². The van der Waals surface area contributed by atoms with Crippen molar-refractivity contribution in [3.05, 3.63) is 77.1 Å². The summed E-state index contributed by atoms with van der Waals surface area (Å²) in [5.74, 6) is -0.290. The lowest BCUT2D eigenvalue weighted by molar-refractivity contribution is 0.0955. The summed E-state index contributed by atoms with van der Waals surface area (Å²) < 4.78 is 1.86. The second kappa shape index (κ2) is 7.00. The van der Waals surface area contributed by atoms with Gasteiger partial charge >= 0.3 is 0 Å². The summed E-state index contributed by atoms with van der Waals surface area (Å²) in [6, 6.07) is 16.5. The van der Waals surface area contributed by atoms with Gasteiger partial charge in [0.15, 0.2) is 0 Å². The summed E-state index contributed by atoms with van der Waals surface area (Å²) in [5, 5.41) is 8.60. The number of nitrogens with one attached hydrogen (secondary N) is 1. The molecule has 0 aliphatic heterocycles. The lowest BCUT2D eigenvalue weighted by Gasteiger charge is -2.03. The highest BCUT2D eigenvalue weighted by molar-refractivity contribution is 5.95. The number of hydrogen-bond donors (Lipinski definition) is 2. The van der Waals surface area contributed by atoms with Gasteiger partial charge in [-0.05, 0) is 50.2 Å². The fraction of sp³-hybridized carbons (Fsp3) is 0.105. The molecule has 0 spiro atoms. The monoisotopic (exact) mass is 333 g/mol. The Morgan fingerprint density at radius 1 is 1.12 bits per heavy atom.